The molecule has 12 heteroatoms. The van der Waals surface area contributed by atoms with E-state index in [0.717, 1.165) is 5.56 Å². The third-order valence-corrected chi connectivity index (χ3v) is 17.8. The average Bonchev–Trinajstić information content (AvgIpc) is 3.39. The number of benzene rings is 1. The van der Waals surface area contributed by atoms with Crippen LogP contribution in [0.5, 0.6) is 5.88 Å². The predicted octanol–water partition coefficient (Wildman–Crippen LogP) is 6.83. The fraction of sp³-hybridized carbons (Fsp3) is 0.621. The molecule has 0 saturated carbocycles. The van der Waals surface area contributed by atoms with E-state index in [1.165, 1.54) is 4.57 Å². The van der Waals surface area contributed by atoms with Gasteiger partial charge >= 0.3 is 0 Å². The van der Waals surface area contributed by atoms with Crippen molar-refractivity contribution >= 4 is 33.7 Å². The first-order valence-electron chi connectivity index (χ1n) is 14.2. The number of hydrogen-bond donors (Lipinski definition) is 1. The zero-order valence-corrected chi connectivity index (χ0v) is 28.1. The molecule has 3 aromatic rings. The topological polar surface area (TPSA) is 107 Å². The van der Waals surface area contributed by atoms with Gasteiger partial charge in [0.25, 0.3) is 6.08 Å². The Hall–Kier alpha value is -2.39. The van der Waals surface area contributed by atoms with Gasteiger partial charge in [-0.05, 0) is 41.8 Å². The first-order chi connectivity index (χ1) is 18.9. The summed E-state index contributed by atoms with van der Waals surface area (Å²) in [5, 5.41) is 0.0353. The van der Waals surface area contributed by atoms with Gasteiger partial charge in [0.1, 0.15) is 18.9 Å². The van der Waals surface area contributed by atoms with Crippen molar-refractivity contribution in [1.82, 2.24) is 19.5 Å². The van der Waals surface area contributed by atoms with Crippen molar-refractivity contribution in [3.63, 3.8) is 0 Å². The van der Waals surface area contributed by atoms with Crippen LogP contribution in [-0.2, 0) is 20.2 Å². The monoisotopic (exact) mass is 603 g/mol. The molecule has 3 heterocycles. The lowest BCUT2D eigenvalue weighted by Gasteiger charge is -2.40. The van der Waals surface area contributed by atoms with Gasteiger partial charge in [0.2, 0.25) is 11.8 Å². The largest absolute Gasteiger partial charge is 0.471 e. The lowest BCUT2D eigenvalue weighted by molar-refractivity contribution is -0.0418. The number of aromatic nitrogens is 4. The number of rotatable bonds is 9. The number of imidazole rings is 1. The maximum Gasteiger partial charge on any atom is 0.293 e. The van der Waals surface area contributed by atoms with Crippen molar-refractivity contribution in [2.75, 3.05) is 12.3 Å². The summed E-state index contributed by atoms with van der Waals surface area (Å²) < 4.78 is 42.8. The number of nitrogen functional groups attached to an aromatic ring is 1. The molecule has 1 saturated heterocycles. The van der Waals surface area contributed by atoms with Crippen molar-refractivity contribution in [1.29, 1.82) is 0 Å². The summed E-state index contributed by atoms with van der Waals surface area (Å²) >= 11 is 0. The molecule has 2 aromatic heterocycles. The van der Waals surface area contributed by atoms with Crippen molar-refractivity contribution < 1.29 is 22.7 Å². The molecule has 226 valence electrons. The second-order valence-corrected chi connectivity index (χ2v) is 23.5. The number of nitrogens with two attached hydrogens (primary N) is 1. The van der Waals surface area contributed by atoms with Crippen LogP contribution in [0, 0.1) is 6.08 Å². The third kappa shape index (κ3) is 6.82. The van der Waals surface area contributed by atoms with E-state index in [1.54, 1.807) is 0 Å². The average molecular weight is 604 g/mol. The van der Waals surface area contributed by atoms with Gasteiger partial charge < -0.3 is 24.1 Å². The van der Waals surface area contributed by atoms with Gasteiger partial charge in [0.05, 0.1) is 12.7 Å². The molecule has 1 aliphatic rings. The highest BCUT2D eigenvalue weighted by Crippen LogP contribution is 2.43. The quantitative estimate of drug-likeness (QED) is 0.210. The fourth-order valence-corrected chi connectivity index (χ4v) is 6.59. The molecule has 0 radical (unpaired) electrons. The molecule has 0 amide bonds. The maximum absolute atomic E-state index is 15.6. The van der Waals surface area contributed by atoms with Gasteiger partial charge in [0.15, 0.2) is 27.8 Å². The summed E-state index contributed by atoms with van der Waals surface area (Å²) in [6.45, 7) is 22.7. The van der Waals surface area contributed by atoms with Crippen LogP contribution in [0.4, 0.5) is 10.3 Å². The van der Waals surface area contributed by atoms with E-state index in [2.05, 4.69) is 82.7 Å². The van der Waals surface area contributed by atoms with Crippen LogP contribution < -0.4 is 10.5 Å². The van der Waals surface area contributed by atoms with Gasteiger partial charge in [-0.2, -0.15) is 19.3 Å². The van der Waals surface area contributed by atoms with Gasteiger partial charge in [-0.1, -0.05) is 71.9 Å². The lowest BCUT2D eigenvalue weighted by atomic mass is 10.2. The van der Waals surface area contributed by atoms with Crippen LogP contribution in [0.1, 0.15) is 59.8 Å². The first kappa shape index (κ1) is 31.5. The highest BCUT2D eigenvalue weighted by Gasteiger charge is 2.47. The summed E-state index contributed by atoms with van der Waals surface area (Å²) in [5.41, 5.74) is 7.40. The van der Waals surface area contributed by atoms with Crippen LogP contribution in [0.2, 0.25) is 36.3 Å². The first-order valence-corrected chi connectivity index (χ1v) is 20.1. The summed E-state index contributed by atoms with van der Waals surface area (Å²) in [7, 11) is -4.24. The Bertz CT molecular complexity index is 1360. The summed E-state index contributed by atoms with van der Waals surface area (Å²) in [6.07, 6.45) is -1.70. The minimum Gasteiger partial charge on any atom is -0.471 e. The second-order valence-electron chi connectivity index (χ2n) is 13.9. The Morgan fingerprint density at radius 1 is 0.976 bits per heavy atom. The number of anilines is 1. The van der Waals surface area contributed by atoms with Crippen LogP contribution in [-0.4, -0.2) is 55.0 Å². The minimum absolute atomic E-state index is 0.00442. The fourth-order valence-electron chi connectivity index (χ4n) is 4.21. The number of hydrogen-bond acceptors (Lipinski definition) is 8. The number of halogens is 1. The van der Waals surface area contributed by atoms with Gasteiger partial charge in [-0.15, -0.1) is 0 Å². The lowest BCUT2D eigenvalue weighted by Crippen LogP contribution is -2.48. The number of ether oxygens (including phenoxy) is 2. The smallest absolute Gasteiger partial charge is 0.293 e. The van der Waals surface area contributed by atoms with Crippen molar-refractivity contribution in [2.24, 2.45) is 0 Å². The van der Waals surface area contributed by atoms with E-state index in [1.807, 2.05) is 30.3 Å². The molecule has 0 bridgehead atoms. The highest BCUT2D eigenvalue weighted by atomic mass is 28.4. The zero-order chi connectivity index (χ0) is 30.4. The van der Waals surface area contributed by atoms with E-state index in [4.69, 9.17) is 24.1 Å². The van der Waals surface area contributed by atoms with Gasteiger partial charge in [-0.25, -0.2) is 0 Å². The Morgan fingerprint density at radius 3 is 2.22 bits per heavy atom. The van der Waals surface area contributed by atoms with Crippen LogP contribution in [0.3, 0.4) is 0 Å². The molecule has 0 unspecified atom stereocenters. The van der Waals surface area contributed by atoms with E-state index < -0.39 is 28.9 Å². The molecule has 2 N–H and O–H groups in total. The van der Waals surface area contributed by atoms with Crippen LogP contribution >= 0.6 is 0 Å². The van der Waals surface area contributed by atoms with Gasteiger partial charge in [-0.3, -0.25) is 4.57 Å². The van der Waals surface area contributed by atoms with E-state index in [-0.39, 0.29) is 51.9 Å². The number of nitrogens with zero attached hydrogens (tertiary/aromatic N) is 4. The standard InChI is InChI=1S/C29H46FN5O4Si2/c1-28(2,3)40(7,8)37-18-21-20(39-41(9,10)29(4,5)6)16-22(38-21)35-24-23(32-26(35)30)25(34-27(31)33-24)36-17-19-14-12-11-13-15-19/h11-15,20-22H,16-18H2,1-10H3,(H2,31,33,34)/t20-,21+,22+/m0/s1. The highest BCUT2D eigenvalue weighted by molar-refractivity contribution is 6.74. The minimum atomic E-state index is -2.17. The van der Waals surface area contributed by atoms with Crippen molar-refractivity contribution in [3.8, 4) is 5.88 Å². The molecule has 1 aliphatic heterocycles. The molecule has 1 aromatic carbocycles. The van der Waals surface area contributed by atoms with Crippen LogP contribution in [0.25, 0.3) is 11.2 Å². The van der Waals surface area contributed by atoms with Gasteiger partial charge in [0, 0.05) is 6.42 Å². The zero-order valence-electron chi connectivity index (χ0n) is 26.1. The Balaban J connectivity index is 1.65. The molecule has 4 rings (SSSR count). The molecule has 41 heavy (non-hydrogen) atoms. The molecule has 3 atom stereocenters. The Morgan fingerprint density at radius 2 is 1.61 bits per heavy atom. The SMILES string of the molecule is CC(C)(C)[Si](C)(C)OC[C@H]1O[C@@H](n2c(F)nc3c(OCc4ccccc4)nc(N)nc32)C[C@@H]1O[Si](C)(C)C(C)(C)C. The predicted molar refractivity (Wildman–Crippen MR) is 164 cm³/mol. The van der Waals surface area contributed by atoms with Crippen molar-refractivity contribution in [2.45, 2.75) is 109 Å². The van der Waals surface area contributed by atoms with E-state index >= 15 is 4.39 Å². The summed E-state index contributed by atoms with van der Waals surface area (Å²) in [6, 6.07) is 9.63. The molecule has 0 spiro atoms. The second kappa shape index (κ2) is 11.4. The summed E-state index contributed by atoms with van der Waals surface area (Å²) in [4.78, 5) is 12.7. The molecule has 1 fully saturated rings. The third-order valence-electron chi connectivity index (χ3n) is 8.84. The van der Waals surface area contributed by atoms with E-state index in [9.17, 15) is 0 Å². The molecule has 9 nitrogen and oxygen atoms in total. The maximum atomic E-state index is 15.6. The molecular formula is C29H46FN5O4Si2. The molecular weight excluding hydrogens is 558 g/mol. The van der Waals surface area contributed by atoms with Crippen LogP contribution in [0.15, 0.2) is 30.3 Å². The molecule has 0 aliphatic carbocycles. The Labute approximate surface area is 245 Å². The Kier molecular flexibility index (Phi) is 8.74. The summed E-state index contributed by atoms with van der Waals surface area (Å²) in [5.74, 6) is 0.0884. The number of fused-ring (bicyclic) bond motifs is 1. The van der Waals surface area contributed by atoms with Crippen molar-refractivity contribution in [3.05, 3.63) is 42.0 Å². The normalized spacial score (nSPS) is 20.6. The van der Waals surface area contributed by atoms with E-state index in [0.29, 0.717) is 13.0 Å².